The van der Waals surface area contributed by atoms with E-state index < -0.39 is 0 Å². The second kappa shape index (κ2) is 5.81. The first-order valence-corrected chi connectivity index (χ1v) is 8.14. The van der Waals surface area contributed by atoms with Gasteiger partial charge in [0.15, 0.2) is 0 Å². The van der Waals surface area contributed by atoms with Crippen LogP contribution in [0.1, 0.15) is 30.1 Å². The van der Waals surface area contributed by atoms with Gasteiger partial charge in [-0.2, -0.15) is 0 Å². The molecule has 2 aliphatic rings. The Balaban J connectivity index is 1.63. The standard InChI is InChI=1S/C18H20FN3O/c19-14-4-1-3-13(11-14)18-16-5-2-8-21(16)9-10-22(18)12-17(23)20-15-6-7-15/h1-5,8,11,15,18H,6-7,9-10,12H2,(H,20,23). The van der Waals surface area contributed by atoms with Crippen molar-refractivity contribution in [3.8, 4) is 0 Å². The van der Waals surface area contributed by atoms with Gasteiger partial charge in [-0.05, 0) is 42.7 Å². The summed E-state index contributed by atoms with van der Waals surface area (Å²) in [5.41, 5.74) is 2.00. The fourth-order valence-corrected chi connectivity index (χ4v) is 3.35. The van der Waals surface area contributed by atoms with Crippen molar-refractivity contribution in [1.29, 1.82) is 0 Å². The summed E-state index contributed by atoms with van der Waals surface area (Å²) in [7, 11) is 0. The third-order valence-corrected chi connectivity index (χ3v) is 4.59. The summed E-state index contributed by atoms with van der Waals surface area (Å²) < 4.78 is 15.9. The van der Waals surface area contributed by atoms with Gasteiger partial charge in [0.25, 0.3) is 0 Å². The van der Waals surface area contributed by atoms with E-state index in [-0.39, 0.29) is 17.8 Å². The van der Waals surface area contributed by atoms with E-state index in [1.54, 1.807) is 12.1 Å². The number of nitrogens with one attached hydrogen (secondary N) is 1. The summed E-state index contributed by atoms with van der Waals surface area (Å²) in [6.45, 7) is 1.98. The van der Waals surface area contributed by atoms with Crippen LogP contribution in [-0.2, 0) is 11.3 Å². The minimum absolute atomic E-state index is 0.0638. The predicted molar refractivity (Wildman–Crippen MR) is 85.4 cm³/mol. The topological polar surface area (TPSA) is 37.3 Å². The van der Waals surface area contributed by atoms with Crippen LogP contribution in [-0.4, -0.2) is 34.5 Å². The molecule has 1 N–H and O–H groups in total. The van der Waals surface area contributed by atoms with E-state index in [4.69, 9.17) is 0 Å². The summed E-state index contributed by atoms with van der Waals surface area (Å²) in [6, 6.07) is 11.0. The molecule has 1 aliphatic carbocycles. The summed E-state index contributed by atoms with van der Waals surface area (Å²) in [6.07, 6.45) is 4.22. The van der Waals surface area contributed by atoms with Gasteiger partial charge in [0, 0.05) is 31.0 Å². The van der Waals surface area contributed by atoms with Crippen LogP contribution in [0, 0.1) is 5.82 Å². The van der Waals surface area contributed by atoms with Crippen molar-refractivity contribution < 1.29 is 9.18 Å². The molecule has 1 atom stereocenters. The summed E-state index contributed by atoms with van der Waals surface area (Å²) >= 11 is 0. The largest absolute Gasteiger partial charge is 0.352 e. The first-order chi connectivity index (χ1) is 11.2. The third-order valence-electron chi connectivity index (χ3n) is 4.59. The normalized spacial score (nSPS) is 21.0. The molecule has 1 amide bonds. The highest BCUT2D eigenvalue weighted by Gasteiger charge is 2.31. The van der Waals surface area contributed by atoms with E-state index in [1.807, 2.05) is 18.3 Å². The van der Waals surface area contributed by atoms with E-state index in [0.29, 0.717) is 12.6 Å². The zero-order valence-corrected chi connectivity index (χ0v) is 12.9. The van der Waals surface area contributed by atoms with Crippen LogP contribution in [0.5, 0.6) is 0 Å². The van der Waals surface area contributed by atoms with E-state index >= 15 is 0 Å². The van der Waals surface area contributed by atoms with Crippen molar-refractivity contribution in [3.05, 3.63) is 59.7 Å². The van der Waals surface area contributed by atoms with Gasteiger partial charge in [-0.1, -0.05) is 12.1 Å². The van der Waals surface area contributed by atoms with Gasteiger partial charge < -0.3 is 9.88 Å². The molecule has 0 radical (unpaired) electrons. The first kappa shape index (κ1) is 14.5. The number of aromatic nitrogens is 1. The highest BCUT2D eigenvalue weighted by Crippen LogP contribution is 2.32. The van der Waals surface area contributed by atoms with Crippen molar-refractivity contribution in [2.75, 3.05) is 13.1 Å². The van der Waals surface area contributed by atoms with Gasteiger partial charge in [-0.25, -0.2) is 4.39 Å². The van der Waals surface area contributed by atoms with Crippen LogP contribution in [0.2, 0.25) is 0 Å². The number of carbonyl (C=O) groups excluding carboxylic acids is 1. The Labute approximate surface area is 134 Å². The Morgan fingerprint density at radius 1 is 1.22 bits per heavy atom. The van der Waals surface area contributed by atoms with Crippen LogP contribution < -0.4 is 5.32 Å². The highest BCUT2D eigenvalue weighted by molar-refractivity contribution is 5.78. The number of fused-ring (bicyclic) bond motifs is 1. The molecule has 0 spiro atoms. The minimum atomic E-state index is -0.242. The van der Waals surface area contributed by atoms with Gasteiger partial charge in [-0.3, -0.25) is 9.69 Å². The molecule has 5 heteroatoms. The van der Waals surface area contributed by atoms with Crippen molar-refractivity contribution in [2.45, 2.75) is 31.5 Å². The Hall–Kier alpha value is -2.14. The molecular formula is C18H20FN3O. The first-order valence-electron chi connectivity index (χ1n) is 8.14. The molecule has 23 heavy (non-hydrogen) atoms. The zero-order valence-electron chi connectivity index (χ0n) is 12.9. The average molecular weight is 313 g/mol. The fourth-order valence-electron chi connectivity index (χ4n) is 3.35. The average Bonchev–Trinajstić information content (AvgIpc) is 3.20. The number of nitrogens with zero attached hydrogens (tertiary/aromatic N) is 2. The summed E-state index contributed by atoms with van der Waals surface area (Å²) in [5.74, 6) is -0.178. The number of rotatable bonds is 4. The molecule has 1 fully saturated rings. The van der Waals surface area contributed by atoms with Gasteiger partial charge in [0.2, 0.25) is 5.91 Å². The number of carbonyl (C=O) groups is 1. The lowest BCUT2D eigenvalue weighted by Crippen LogP contribution is -2.44. The molecule has 120 valence electrons. The Bertz CT molecular complexity index is 723. The molecule has 1 aromatic carbocycles. The highest BCUT2D eigenvalue weighted by atomic mass is 19.1. The maximum atomic E-state index is 13.7. The predicted octanol–water partition coefficient (Wildman–Crippen LogP) is 2.31. The smallest absolute Gasteiger partial charge is 0.234 e. The quantitative estimate of drug-likeness (QED) is 0.940. The van der Waals surface area contributed by atoms with E-state index in [2.05, 4.69) is 20.9 Å². The van der Waals surface area contributed by atoms with Crippen LogP contribution in [0.25, 0.3) is 0 Å². The molecule has 1 aliphatic heterocycles. The monoisotopic (exact) mass is 313 g/mol. The zero-order chi connectivity index (χ0) is 15.8. The fraction of sp³-hybridized carbons (Fsp3) is 0.389. The molecule has 4 nitrogen and oxygen atoms in total. The van der Waals surface area contributed by atoms with Crippen molar-refractivity contribution in [1.82, 2.24) is 14.8 Å². The second-order valence-electron chi connectivity index (χ2n) is 6.40. The van der Waals surface area contributed by atoms with E-state index in [1.165, 1.54) is 6.07 Å². The van der Waals surface area contributed by atoms with Crippen LogP contribution in [0.3, 0.4) is 0 Å². The maximum Gasteiger partial charge on any atom is 0.234 e. The molecule has 2 aromatic rings. The molecular weight excluding hydrogens is 293 g/mol. The Morgan fingerprint density at radius 2 is 2.09 bits per heavy atom. The number of hydrogen-bond donors (Lipinski definition) is 1. The van der Waals surface area contributed by atoms with E-state index in [9.17, 15) is 9.18 Å². The lowest BCUT2D eigenvalue weighted by Gasteiger charge is -2.36. The lowest BCUT2D eigenvalue weighted by molar-refractivity contribution is -0.123. The Kier molecular flexibility index (Phi) is 3.65. The second-order valence-corrected chi connectivity index (χ2v) is 6.40. The van der Waals surface area contributed by atoms with Crippen LogP contribution in [0.4, 0.5) is 4.39 Å². The SMILES string of the molecule is O=C(CN1CCn2cccc2C1c1cccc(F)c1)NC1CC1. The maximum absolute atomic E-state index is 13.7. The number of amides is 1. The Morgan fingerprint density at radius 3 is 2.87 bits per heavy atom. The molecule has 1 saturated carbocycles. The molecule has 4 rings (SSSR count). The van der Waals surface area contributed by atoms with Gasteiger partial charge in [0.05, 0.1) is 12.6 Å². The van der Waals surface area contributed by atoms with Crippen molar-refractivity contribution >= 4 is 5.91 Å². The summed E-state index contributed by atoms with van der Waals surface area (Å²) in [4.78, 5) is 14.4. The van der Waals surface area contributed by atoms with Crippen molar-refractivity contribution in [2.24, 2.45) is 0 Å². The summed E-state index contributed by atoms with van der Waals surface area (Å²) in [5, 5.41) is 3.04. The van der Waals surface area contributed by atoms with Gasteiger partial charge in [0.1, 0.15) is 5.82 Å². The number of hydrogen-bond acceptors (Lipinski definition) is 2. The third kappa shape index (κ3) is 3.01. The lowest BCUT2D eigenvalue weighted by atomic mass is 10.00. The van der Waals surface area contributed by atoms with Crippen molar-refractivity contribution in [3.63, 3.8) is 0 Å². The molecule has 0 saturated heterocycles. The number of halogens is 1. The number of benzene rings is 1. The van der Waals surface area contributed by atoms with E-state index in [0.717, 1.165) is 37.2 Å². The van der Waals surface area contributed by atoms with Gasteiger partial charge >= 0.3 is 0 Å². The van der Waals surface area contributed by atoms with Gasteiger partial charge in [-0.15, -0.1) is 0 Å². The molecule has 1 aromatic heterocycles. The van der Waals surface area contributed by atoms with Crippen LogP contribution >= 0.6 is 0 Å². The molecule has 1 unspecified atom stereocenters. The molecule has 2 heterocycles. The molecule has 0 bridgehead atoms. The minimum Gasteiger partial charge on any atom is -0.352 e. The van der Waals surface area contributed by atoms with Crippen LogP contribution in [0.15, 0.2) is 42.6 Å².